The molecule has 0 unspecified atom stereocenters. The third-order valence-electron chi connectivity index (χ3n) is 5.55. The Hall–Kier alpha value is -2.24. The molecule has 0 fully saturated rings. The first-order chi connectivity index (χ1) is 15.1. The Morgan fingerprint density at radius 3 is 1.78 bits per heavy atom. The van der Waals surface area contributed by atoms with Crippen molar-refractivity contribution >= 4 is 49.2 Å². The quantitative estimate of drug-likeness (QED) is 0.240. The van der Waals surface area contributed by atoms with Crippen molar-refractivity contribution in [1.29, 1.82) is 10.8 Å². The number of rotatable bonds is 5. The lowest BCUT2D eigenvalue weighted by Gasteiger charge is -2.32. The number of aryl methyl sites for hydroxylation is 1. The molecule has 3 nitrogen and oxygen atoms in total. The van der Waals surface area contributed by atoms with Gasteiger partial charge < -0.3 is 0 Å². The van der Waals surface area contributed by atoms with Gasteiger partial charge in [0.15, 0.2) is 0 Å². The summed E-state index contributed by atoms with van der Waals surface area (Å²) in [5.74, 6) is 1.07. The predicted octanol–water partition coefficient (Wildman–Crippen LogP) is 8.62. The molecule has 0 aliphatic rings. The first-order valence-electron chi connectivity index (χ1n) is 10.7. The van der Waals surface area contributed by atoms with Crippen LogP contribution in [0.1, 0.15) is 67.3 Å². The summed E-state index contributed by atoms with van der Waals surface area (Å²) >= 11 is 7.11. The summed E-state index contributed by atoms with van der Waals surface area (Å²) in [7, 11) is 0. The Bertz CT molecular complexity index is 1120. The van der Waals surface area contributed by atoms with E-state index in [1.807, 2.05) is 54.3 Å². The SMILES string of the molecule is Cc1ccccc1C(=N)N(C(=N)c1cc(Br)cc(Br)c1)c1c(C(C)C)cccc1C(C)C. The topological polar surface area (TPSA) is 50.9 Å². The number of nitrogens with zero attached hydrogens (tertiary/aromatic N) is 1. The minimum atomic E-state index is 0.248. The molecular weight excluding hydrogens is 526 g/mol. The summed E-state index contributed by atoms with van der Waals surface area (Å²) in [5.41, 5.74) is 5.77. The van der Waals surface area contributed by atoms with Crippen LogP contribution < -0.4 is 4.90 Å². The van der Waals surface area contributed by atoms with E-state index in [9.17, 15) is 10.8 Å². The summed E-state index contributed by atoms with van der Waals surface area (Å²) in [6.07, 6.45) is 0. The first kappa shape index (κ1) is 24.4. The van der Waals surface area contributed by atoms with Gasteiger partial charge in [-0.25, -0.2) is 0 Å². The molecule has 32 heavy (non-hydrogen) atoms. The van der Waals surface area contributed by atoms with Gasteiger partial charge in [0, 0.05) is 20.1 Å². The highest BCUT2D eigenvalue weighted by Crippen LogP contribution is 2.37. The van der Waals surface area contributed by atoms with Crippen LogP contribution in [0.15, 0.2) is 69.6 Å². The van der Waals surface area contributed by atoms with Crippen LogP contribution in [-0.4, -0.2) is 11.7 Å². The van der Waals surface area contributed by atoms with Crippen LogP contribution >= 0.6 is 31.9 Å². The molecule has 0 aromatic heterocycles. The maximum absolute atomic E-state index is 9.29. The highest BCUT2D eigenvalue weighted by molar-refractivity contribution is 9.11. The Kier molecular flexibility index (Phi) is 7.73. The summed E-state index contributed by atoms with van der Waals surface area (Å²) < 4.78 is 1.77. The predicted molar refractivity (Wildman–Crippen MR) is 144 cm³/mol. The number of hydrogen-bond donors (Lipinski definition) is 2. The van der Waals surface area contributed by atoms with Gasteiger partial charge >= 0.3 is 0 Å². The average molecular weight is 555 g/mol. The maximum atomic E-state index is 9.29. The monoisotopic (exact) mass is 553 g/mol. The number of amidine groups is 2. The largest absolute Gasteiger partial charge is 0.284 e. The van der Waals surface area contributed by atoms with Crippen LogP contribution in [0.25, 0.3) is 0 Å². The molecule has 0 aliphatic heterocycles. The summed E-state index contributed by atoms with van der Waals surface area (Å²) in [6, 6.07) is 20.0. The molecule has 5 heteroatoms. The number of hydrogen-bond acceptors (Lipinski definition) is 2. The second kappa shape index (κ2) is 10.1. The van der Waals surface area contributed by atoms with Crippen molar-refractivity contribution in [3.63, 3.8) is 0 Å². The van der Waals surface area contributed by atoms with Gasteiger partial charge in [-0.2, -0.15) is 0 Å². The molecule has 0 heterocycles. The van der Waals surface area contributed by atoms with E-state index in [-0.39, 0.29) is 17.7 Å². The lowest BCUT2D eigenvalue weighted by Crippen LogP contribution is -2.39. The molecule has 0 radical (unpaired) electrons. The van der Waals surface area contributed by atoms with Crippen LogP contribution in [0, 0.1) is 17.7 Å². The molecule has 0 saturated carbocycles. The highest BCUT2D eigenvalue weighted by atomic mass is 79.9. The van der Waals surface area contributed by atoms with E-state index in [1.165, 1.54) is 0 Å². The van der Waals surface area contributed by atoms with Gasteiger partial charge in [-0.1, -0.05) is 102 Å². The molecule has 0 saturated heterocycles. The molecule has 2 N–H and O–H groups in total. The van der Waals surface area contributed by atoms with E-state index in [0.29, 0.717) is 5.84 Å². The lowest BCUT2D eigenvalue weighted by atomic mass is 9.91. The molecule has 3 aromatic carbocycles. The second-order valence-corrected chi connectivity index (χ2v) is 10.4. The van der Waals surface area contributed by atoms with Crippen molar-refractivity contribution in [2.45, 2.75) is 46.5 Å². The van der Waals surface area contributed by atoms with Crippen LogP contribution in [0.4, 0.5) is 5.69 Å². The number of nitrogens with one attached hydrogen (secondary N) is 2. The van der Waals surface area contributed by atoms with E-state index in [2.05, 4.69) is 77.8 Å². The molecule has 3 rings (SSSR count). The second-order valence-electron chi connectivity index (χ2n) is 8.60. The molecule has 0 bridgehead atoms. The normalized spacial score (nSPS) is 11.2. The van der Waals surface area contributed by atoms with E-state index >= 15 is 0 Å². The Balaban J connectivity index is 2.33. The van der Waals surface area contributed by atoms with E-state index in [1.54, 1.807) is 0 Å². The molecule has 0 atom stereocenters. The Labute approximate surface area is 208 Å². The maximum Gasteiger partial charge on any atom is 0.138 e. The Morgan fingerprint density at radius 1 is 0.750 bits per heavy atom. The van der Waals surface area contributed by atoms with Crippen molar-refractivity contribution in [3.05, 3.63) is 97.4 Å². The fourth-order valence-electron chi connectivity index (χ4n) is 3.88. The number of anilines is 1. The average Bonchev–Trinajstić information content (AvgIpc) is 2.73. The zero-order chi connectivity index (χ0) is 23.6. The fourth-order valence-corrected chi connectivity index (χ4v) is 5.18. The molecule has 0 spiro atoms. The molecule has 3 aromatic rings. The van der Waals surface area contributed by atoms with Crippen LogP contribution in [0.3, 0.4) is 0 Å². The Morgan fingerprint density at radius 2 is 1.28 bits per heavy atom. The van der Waals surface area contributed by atoms with E-state index in [0.717, 1.165) is 42.5 Å². The van der Waals surface area contributed by atoms with Crippen LogP contribution in [0.5, 0.6) is 0 Å². The minimum absolute atomic E-state index is 0.248. The third-order valence-corrected chi connectivity index (χ3v) is 6.47. The van der Waals surface area contributed by atoms with Crippen molar-refractivity contribution in [3.8, 4) is 0 Å². The van der Waals surface area contributed by atoms with Gasteiger partial charge in [0.2, 0.25) is 0 Å². The van der Waals surface area contributed by atoms with Gasteiger partial charge in [0.05, 0.1) is 5.69 Å². The van der Waals surface area contributed by atoms with Gasteiger partial charge in [-0.15, -0.1) is 0 Å². The van der Waals surface area contributed by atoms with Crippen LogP contribution in [-0.2, 0) is 0 Å². The van der Waals surface area contributed by atoms with Gasteiger partial charge in [-0.05, 0) is 53.6 Å². The molecular formula is C27H29Br2N3. The van der Waals surface area contributed by atoms with Crippen molar-refractivity contribution < 1.29 is 0 Å². The standard InChI is InChI=1S/C27H29Br2N3/c1-16(2)22-11-8-12-23(17(3)4)25(22)32(27(31)24-10-7-6-9-18(24)5)26(30)19-13-20(28)15-21(29)14-19/h6-17,30-31H,1-5H3. The van der Waals surface area contributed by atoms with Gasteiger partial charge in [0.1, 0.15) is 11.7 Å². The first-order valence-corrected chi connectivity index (χ1v) is 12.3. The molecule has 0 aliphatic carbocycles. The van der Waals surface area contributed by atoms with Gasteiger partial charge in [-0.3, -0.25) is 15.7 Å². The smallest absolute Gasteiger partial charge is 0.138 e. The zero-order valence-corrected chi connectivity index (χ0v) is 22.3. The molecule has 166 valence electrons. The summed E-state index contributed by atoms with van der Waals surface area (Å²) in [6.45, 7) is 10.7. The molecule has 0 amide bonds. The summed E-state index contributed by atoms with van der Waals surface area (Å²) in [5, 5.41) is 18.6. The van der Waals surface area contributed by atoms with Crippen molar-refractivity contribution in [2.75, 3.05) is 4.90 Å². The van der Waals surface area contributed by atoms with Crippen molar-refractivity contribution in [2.24, 2.45) is 0 Å². The number of para-hydroxylation sites is 1. The number of benzene rings is 3. The van der Waals surface area contributed by atoms with Crippen LogP contribution in [0.2, 0.25) is 0 Å². The zero-order valence-electron chi connectivity index (χ0n) is 19.1. The fraction of sp³-hybridized carbons (Fsp3) is 0.259. The third kappa shape index (κ3) is 5.05. The summed E-state index contributed by atoms with van der Waals surface area (Å²) in [4.78, 5) is 1.82. The van der Waals surface area contributed by atoms with E-state index < -0.39 is 0 Å². The number of halogens is 2. The lowest BCUT2D eigenvalue weighted by molar-refractivity contribution is 0.833. The minimum Gasteiger partial charge on any atom is -0.284 e. The van der Waals surface area contributed by atoms with Crippen molar-refractivity contribution in [1.82, 2.24) is 0 Å². The van der Waals surface area contributed by atoms with Gasteiger partial charge in [0.25, 0.3) is 0 Å². The highest BCUT2D eigenvalue weighted by Gasteiger charge is 2.28. The van der Waals surface area contributed by atoms with E-state index in [4.69, 9.17) is 0 Å².